The lowest BCUT2D eigenvalue weighted by Gasteiger charge is -2.29. The normalized spacial score (nSPS) is 17.8. The van der Waals surface area contributed by atoms with Gasteiger partial charge in [-0.2, -0.15) is 5.26 Å². The van der Waals surface area contributed by atoms with Gasteiger partial charge in [0.25, 0.3) is 5.91 Å². The predicted molar refractivity (Wildman–Crippen MR) is 144 cm³/mol. The molecule has 0 aromatic heterocycles. The molecule has 2 heterocycles. The number of imide groups is 1. The molecule has 2 atom stereocenters. The molecule has 0 bridgehead atoms. The largest absolute Gasteiger partial charge is 0.493 e. The zero-order valence-electron chi connectivity index (χ0n) is 21.6. The van der Waals surface area contributed by atoms with Gasteiger partial charge in [0.1, 0.15) is 11.8 Å². The number of piperidine rings is 1. The molecule has 3 amide bonds. The molecule has 1 unspecified atom stereocenters. The lowest BCUT2D eigenvalue weighted by Crippen LogP contribution is -2.52. The fraction of sp³-hybridized carbons (Fsp3) is 0.448. The molecule has 1 saturated heterocycles. The summed E-state index contributed by atoms with van der Waals surface area (Å²) in [4.78, 5) is 40.6. The molecule has 200 valence electrons. The van der Waals surface area contributed by atoms with Gasteiger partial charge in [0, 0.05) is 22.6 Å². The number of halogens is 1. The van der Waals surface area contributed by atoms with E-state index in [2.05, 4.69) is 23.2 Å². The van der Waals surface area contributed by atoms with Gasteiger partial charge in [-0.25, -0.2) is 0 Å². The number of nitrogens with zero attached hydrogens (tertiary/aromatic N) is 3. The number of amides is 3. The molecule has 2 aromatic rings. The number of hydrogen-bond acceptors (Lipinski definition) is 6. The number of fused-ring (bicyclic) bond motifs is 1. The van der Waals surface area contributed by atoms with Crippen LogP contribution < -0.4 is 10.1 Å². The third kappa shape index (κ3) is 6.53. The molecule has 2 aliphatic heterocycles. The van der Waals surface area contributed by atoms with Crippen LogP contribution in [-0.4, -0.2) is 59.8 Å². The van der Waals surface area contributed by atoms with Crippen LogP contribution in [0.15, 0.2) is 42.5 Å². The van der Waals surface area contributed by atoms with E-state index in [1.54, 1.807) is 12.1 Å². The molecule has 2 aromatic carbocycles. The van der Waals surface area contributed by atoms with Crippen molar-refractivity contribution in [3.63, 3.8) is 0 Å². The molecule has 1 N–H and O–H groups in total. The third-order valence-electron chi connectivity index (χ3n) is 7.27. The van der Waals surface area contributed by atoms with Crippen LogP contribution in [0.25, 0.3) is 0 Å². The standard InChI is InChI=1S/C29H33ClN4O4/c1-2-33(16-14-21(18-31)20-8-10-22(30)11-9-20)15-3-4-17-38-26-7-5-6-23-24(26)19-34(29(23)37)25-12-13-27(35)32-28(25)36/h5-11,21,25H,2-4,12-17,19H2,1H3,(H,32,35,36)/t21-,25?/m0/s1. The van der Waals surface area contributed by atoms with Crippen molar-refractivity contribution < 1.29 is 19.1 Å². The van der Waals surface area contributed by atoms with Crippen LogP contribution in [0.2, 0.25) is 5.02 Å². The number of nitrogens with one attached hydrogen (secondary N) is 1. The molecule has 1 fully saturated rings. The van der Waals surface area contributed by atoms with Crippen LogP contribution in [-0.2, 0) is 16.1 Å². The molecule has 8 nitrogen and oxygen atoms in total. The Morgan fingerprint density at radius 3 is 2.66 bits per heavy atom. The average molecular weight is 537 g/mol. The fourth-order valence-electron chi connectivity index (χ4n) is 5.05. The molecular formula is C29H33ClN4O4. The first-order chi connectivity index (χ1) is 18.4. The number of carbonyl (C=O) groups excluding carboxylic acids is 3. The van der Waals surface area contributed by atoms with Crippen molar-refractivity contribution >= 4 is 29.3 Å². The molecular weight excluding hydrogens is 504 g/mol. The van der Waals surface area contributed by atoms with E-state index in [4.69, 9.17) is 16.3 Å². The summed E-state index contributed by atoms with van der Waals surface area (Å²) in [5.41, 5.74) is 2.34. The summed E-state index contributed by atoms with van der Waals surface area (Å²) >= 11 is 5.97. The highest BCUT2D eigenvalue weighted by atomic mass is 35.5. The van der Waals surface area contributed by atoms with Crippen molar-refractivity contribution in [2.75, 3.05) is 26.2 Å². The Morgan fingerprint density at radius 2 is 1.95 bits per heavy atom. The van der Waals surface area contributed by atoms with Gasteiger partial charge in [-0.15, -0.1) is 0 Å². The molecule has 2 aliphatic rings. The van der Waals surface area contributed by atoms with Gasteiger partial charge >= 0.3 is 0 Å². The van der Waals surface area contributed by atoms with Gasteiger partial charge in [-0.05, 0) is 75.1 Å². The van der Waals surface area contributed by atoms with Crippen LogP contribution in [0.1, 0.15) is 66.4 Å². The van der Waals surface area contributed by atoms with Crippen LogP contribution in [0, 0.1) is 11.3 Å². The average Bonchev–Trinajstić information content (AvgIpc) is 3.25. The molecule has 38 heavy (non-hydrogen) atoms. The summed E-state index contributed by atoms with van der Waals surface area (Å²) in [7, 11) is 0. The maximum Gasteiger partial charge on any atom is 0.255 e. The smallest absolute Gasteiger partial charge is 0.255 e. The molecule has 0 saturated carbocycles. The molecule has 0 radical (unpaired) electrons. The fourth-order valence-corrected chi connectivity index (χ4v) is 5.18. The van der Waals surface area contributed by atoms with Crippen molar-refractivity contribution in [3.8, 4) is 11.8 Å². The minimum Gasteiger partial charge on any atom is -0.493 e. The maximum absolute atomic E-state index is 13.0. The summed E-state index contributed by atoms with van der Waals surface area (Å²) in [6.07, 6.45) is 3.12. The Balaban J connectivity index is 1.23. The van der Waals surface area contributed by atoms with E-state index in [9.17, 15) is 19.6 Å². The van der Waals surface area contributed by atoms with E-state index in [-0.39, 0.29) is 24.2 Å². The minimum absolute atomic E-state index is 0.160. The van der Waals surface area contributed by atoms with Gasteiger partial charge in [0.05, 0.1) is 25.1 Å². The summed E-state index contributed by atoms with van der Waals surface area (Å²) in [6, 6.07) is 14.7. The van der Waals surface area contributed by atoms with E-state index in [0.29, 0.717) is 35.9 Å². The van der Waals surface area contributed by atoms with Crippen molar-refractivity contribution in [2.24, 2.45) is 0 Å². The van der Waals surface area contributed by atoms with E-state index in [0.717, 1.165) is 50.0 Å². The molecule has 4 rings (SSSR count). The second kappa shape index (κ2) is 12.9. The number of carbonyl (C=O) groups is 3. The Morgan fingerprint density at radius 1 is 1.16 bits per heavy atom. The van der Waals surface area contributed by atoms with Gasteiger partial charge in [0.2, 0.25) is 11.8 Å². The Bertz CT molecular complexity index is 1210. The quantitative estimate of drug-likeness (QED) is 0.321. The van der Waals surface area contributed by atoms with E-state index in [1.807, 2.05) is 30.3 Å². The van der Waals surface area contributed by atoms with Crippen molar-refractivity contribution in [1.29, 1.82) is 5.26 Å². The number of ether oxygens (including phenoxy) is 1. The number of unbranched alkanes of at least 4 members (excludes halogenated alkanes) is 1. The summed E-state index contributed by atoms with van der Waals surface area (Å²) in [5.74, 6) is -0.412. The first-order valence-electron chi connectivity index (χ1n) is 13.2. The molecule has 0 spiro atoms. The highest BCUT2D eigenvalue weighted by Crippen LogP contribution is 2.33. The Labute approximate surface area is 228 Å². The third-order valence-corrected chi connectivity index (χ3v) is 7.53. The number of hydrogen-bond donors (Lipinski definition) is 1. The summed E-state index contributed by atoms with van der Waals surface area (Å²) < 4.78 is 6.07. The number of rotatable bonds is 12. The zero-order chi connectivity index (χ0) is 27.1. The highest BCUT2D eigenvalue weighted by molar-refractivity contribution is 6.30. The van der Waals surface area contributed by atoms with Crippen molar-refractivity contribution in [1.82, 2.24) is 15.1 Å². The lowest BCUT2D eigenvalue weighted by atomic mass is 9.97. The summed E-state index contributed by atoms with van der Waals surface area (Å²) in [5, 5.41) is 12.6. The van der Waals surface area contributed by atoms with E-state index in [1.165, 1.54) is 4.90 Å². The van der Waals surface area contributed by atoms with Crippen LogP contribution in [0.5, 0.6) is 5.75 Å². The second-order valence-electron chi connectivity index (χ2n) is 9.69. The highest BCUT2D eigenvalue weighted by Gasteiger charge is 2.40. The van der Waals surface area contributed by atoms with Crippen molar-refractivity contribution in [3.05, 3.63) is 64.2 Å². The predicted octanol–water partition coefficient (Wildman–Crippen LogP) is 4.28. The molecule has 9 heteroatoms. The van der Waals surface area contributed by atoms with Gasteiger partial charge in [0.15, 0.2) is 0 Å². The van der Waals surface area contributed by atoms with Gasteiger partial charge < -0.3 is 14.5 Å². The Kier molecular flexibility index (Phi) is 9.38. The van der Waals surface area contributed by atoms with E-state index >= 15 is 0 Å². The van der Waals surface area contributed by atoms with Gasteiger partial charge in [-0.1, -0.05) is 36.7 Å². The van der Waals surface area contributed by atoms with Crippen molar-refractivity contribution in [2.45, 2.75) is 57.5 Å². The van der Waals surface area contributed by atoms with Gasteiger partial charge in [-0.3, -0.25) is 19.7 Å². The topological polar surface area (TPSA) is 103 Å². The second-order valence-corrected chi connectivity index (χ2v) is 10.1. The number of nitriles is 1. The number of benzene rings is 2. The molecule has 0 aliphatic carbocycles. The Hall–Kier alpha value is -3.41. The first kappa shape index (κ1) is 27.6. The van der Waals surface area contributed by atoms with E-state index < -0.39 is 11.9 Å². The SMILES string of the molecule is CCN(CCCCOc1cccc2c1CN(C1CCC(=O)NC1=O)C2=O)CC[C@@H](C#N)c1ccc(Cl)cc1. The zero-order valence-corrected chi connectivity index (χ0v) is 22.4. The summed E-state index contributed by atoms with van der Waals surface area (Å²) in [6.45, 7) is 5.60. The van der Waals surface area contributed by atoms with Crippen LogP contribution >= 0.6 is 11.6 Å². The monoisotopic (exact) mass is 536 g/mol. The lowest BCUT2D eigenvalue weighted by molar-refractivity contribution is -0.136. The minimum atomic E-state index is -0.638. The first-order valence-corrected chi connectivity index (χ1v) is 13.6. The van der Waals surface area contributed by atoms with Crippen LogP contribution in [0.3, 0.4) is 0 Å². The van der Waals surface area contributed by atoms with Crippen LogP contribution in [0.4, 0.5) is 0 Å². The maximum atomic E-state index is 13.0.